The molecular weight excluding hydrogens is 459 g/mol. The molecule has 10 heteroatoms. The zero-order valence-electron chi connectivity index (χ0n) is 18.6. The Morgan fingerprint density at radius 3 is 2.49 bits per heavy atom. The summed E-state index contributed by atoms with van der Waals surface area (Å²) in [5.74, 6) is -0.264. The Labute approximate surface area is 199 Å². The molecule has 0 fully saturated rings. The predicted octanol–water partition coefficient (Wildman–Crippen LogP) is 5.73. The monoisotopic (exact) mass is 481 g/mol. The average Bonchev–Trinajstić information content (AvgIpc) is 3.54. The third-order valence-electron chi connectivity index (χ3n) is 5.20. The summed E-state index contributed by atoms with van der Waals surface area (Å²) >= 11 is 0. The molecule has 0 saturated heterocycles. The summed E-state index contributed by atoms with van der Waals surface area (Å²) in [6.45, 7) is 0.827. The van der Waals surface area contributed by atoms with E-state index in [1.807, 2.05) is 30.5 Å². The van der Waals surface area contributed by atoms with E-state index in [0.717, 1.165) is 37.9 Å². The van der Waals surface area contributed by atoms with Crippen LogP contribution in [0.4, 0.5) is 18.9 Å². The molecule has 4 rings (SSSR count). The Morgan fingerprint density at radius 1 is 1.03 bits per heavy atom. The van der Waals surface area contributed by atoms with Crippen LogP contribution >= 0.6 is 0 Å². The van der Waals surface area contributed by atoms with Crippen LogP contribution in [0.3, 0.4) is 0 Å². The number of rotatable bonds is 9. The van der Waals surface area contributed by atoms with Crippen LogP contribution in [0.25, 0.3) is 12.2 Å². The van der Waals surface area contributed by atoms with Crippen molar-refractivity contribution in [1.82, 2.24) is 20.0 Å². The number of alkyl halides is 3. The lowest BCUT2D eigenvalue weighted by Gasteiger charge is -2.06. The molecule has 0 saturated carbocycles. The van der Waals surface area contributed by atoms with E-state index >= 15 is 0 Å². The molecule has 0 bridgehead atoms. The fourth-order valence-corrected chi connectivity index (χ4v) is 3.32. The third kappa shape index (κ3) is 6.89. The number of benzene rings is 2. The van der Waals surface area contributed by atoms with Crippen molar-refractivity contribution in [3.63, 3.8) is 0 Å². The van der Waals surface area contributed by atoms with E-state index in [1.54, 1.807) is 17.0 Å². The maximum Gasteiger partial charge on any atom is 0.416 e. The van der Waals surface area contributed by atoms with Gasteiger partial charge in [-0.15, -0.1) is 5.10 Å². The Morgan fingerprint density at radius 2 is 1.80 bits per heavy atom. The van der Waals surface area contributed by atoms with Crippen LogP contribution in [0.15, 0.2) is 71.6 Å². The highest BCUT2D eigenvalue weighted by Gasteiger charge is 2.29. The molecule has 7 nitrogen and oxygen atoms in total. The molecule has 2 aromatic heterocycles. The number of anilines is 1. The molecular formula is C25H22F3N5O2. The van der Waals surface area contributed by atoms with Gasteiger partial charge in [0.2, 0.25) is 5.89 Å². The predicted molar refractivity (Wildman–Crippen MR) is 124 cm³/mol. The van der Waals surface area contributed by atoms with E-state index in [0.29, 0.717) is 11.3 Å². The van der Waals surface area contributed by atoms with Crippen LogP contribution < -0.4 is 5.32 Å². The third-order valence-corrected chi connectivity index (χ3v) is 5.20. The zero-order chi connectivity index (χ0) is 24.7. The second-order valence-corrected chi connectivity index (χ2v) is 7.80. The maximum atomic E-state index is 12.6. The molecule has 180 valence electrons. The zero-order valence-corrected chi connectivity index (χ0v) is 18.6. The minimum absolute atomic E-state index is 0.0919. The van der Waals surface area contributed by atoms with Crippen LogP contribution in [0.5, 0.6) is 0 Å². The first-order valence-electron chi connectivity index (χ1n) is 10.9. The lowest BCUT2D eigenvalue weighted by molar-refractivity contribution is -0.137. The summed E-state index contributed by atoms with van der Waals surface area (Å²) in [6, 6.07) is 12.3. The van der Waals surface area contributed by atoms with Crippen molar-refractivity contribution in [3.8, 4) is 0 Å². The standard InChI is InChI=1S/C25H22F3N5O2/c26-25(27,28)20-9-4-19(5-10-20)8-13-23-31-22(17-35-23)24(34)30-21-11-6-18(7-12-21)3-1-2-15-33-16-14-29-32-33/h4-14,16-17H,1-3,15H2,(H,30,34)/b13-8+. The summed E-state index contributed by atoms with van der Waals surface area (Å²) in [6.07, 6.45) is 6.29. The van der Waals surface area contributed by atoms with Crippen molar-refractivity contribution in [2.75, 3.05) is 5.32 Å². The number of aryl methyl sites for hydroxylation is 2. The number of carbonyl (C=O) groups excluding carboxylic acids is 1. The van der Waals surface area contributed by atoms with Gasteiger partial charge in [-0.05, 0) is 60.7 Å². The van der Waals surface area contributed by atoms with Gasteiger partial charge in [0, 0.05) is 24.5 Å². The SMILES string of the molecule is O=C(Nc1ccc(CCCCn2ccnn2)cc1)c1coc(/C=C/c2ccc(C(F)(F)F)cc2)n1. The summed E-state index contributed by atoms with van der Waals surface area (Å²) in [4.78, 5) is 16.6. The van der Waals surface area contributed by atoms with E-state index in [1.165, 1.54) is 30.0 Å². The number of nitrogens with zero attached hydrogens (tertiary/aromatic N) is 4. The van der Waals surface area contributed by atoms with Crippen LogP contribution in [-0.4, -0.2) is 25.9 Å². The lowest BCUT2D eigenvalue weighted by Crippen LogP contribution is -2.12. The Bertz CT molecular complexity index is 1260. The first-order chi connectivity index (χ1) is 16.9. The average molecular weight is 481 g/mol. The molecule has 0 unspecified atom stereocenters. The molecule has 1 N–H and O–H groups in total. The Kier molecular flexibility index (Phi) is 7.39. The number of oxazole rings is 1. The van der Waals surface area contributed by atoms with Gasteiger partial charge in [0.15, 0.2) is 5.69 Å². The molecule has 1 amide bonds. The number of unbranched alkanes of at least 4 members (excludes halogenated alkanes) is 1. The molecule has 2 aromatic carbocycles. The van der Waals surface area contributed by atoms with Gasteiger partial charge < -0.3 is 9.73 Å². The van der Waals surface area contributed by atoms with Crippen molar-refractivity contribution < 1.29 is 22.4 Å². The van der Waals surface area contributed by atoms with Gasteiger partial charge in [-0.2, -0.15) is 13.2 Å². The Balaban J connectivity index is 1.26. The van der Waals surface area contributed by atoms with Crippen molar-refractivity contribution in [3.05, 3.63) is 95.5 Å². The first kappa shape index (κ1) is 23.9. The van der Waals surface area contributed by atoms with E-state index in [-0.39, 0.29) is 11.6 Å². The van der Waals surface area contributed by atoms with E-state index in [4.69, 9.17) is 4.42 Å². The van der Waals surface area contributed by atoms with Crippen molar-refractivity contribution in [2.24, 2.45) is 0 Å². The molecule has 0 atom stereocenters. The van der Waals surface area contributed by atoms with E-state index < -0.39 is 17.6 Å². The van der Waals surface area contributed by atoms with Crippen LogP contribution in [0.2, 0.25) is 0 Å². The summed E-state index contributed by atoms with van der Waals surface area (Å²) < 4.78 is 45.0. The second-order valence-electron chi connectivity index (χ2n) is 7.80. The van der Waals surface area contributed by atoms with Crippen molar-refractivity contribution in [1.29, 1.82) is 0 Å². The Hall–Kier alpha value is -4.21. The molecule has 2 heterocycles. The maximum absolute atomic E-state index is 12.6. The topological polar surface area (TPSA) is 85.8 Å². The highest BCUT2D eigenvalue weighted by atomic mass is 19.4. The summed E-state index contributed by atoms with van der Waals surface area (Å²) in [5, 5.41) is 10.5. The van der Waals surface area contributed by atoms with Crippen LogP contribution in [-0.2, 0) is 19.1 Å². The smallest absolute Gasteiger partial charge is 0.416 e. The van der Waals surface area contributed by atoms with Gasteiger partial charge in [0.1, 0.15) is 6.26 Å². The minimum Gasteiger partial charge on any atom is -0.444 e. The van der Waals surface area contributed by atoms with Gasteiger partial charge in [-0.25, -0.2) is 4.98 Å². The van der Waals surface area contributed by atoms with Crippen molar-refractivity contribution in [2.45, 2.75) is 32.0 Å². The number of amides is 1. The number of hydrogen-bond donors (Lipinski definition) is 1. The van der Waals surface area contributed by atoms with Crippen LogP contribution in [0, 0.1) is 0 Å². The van der Waals surface area contributed by atoms with Gasteiger partial charge in [0.25, 0.3) is 5.91 Å². The largest absolute Gasteiger partial charge is 0.444 e. The number of nitrogens with one attached hydrogen (secondary N) is 1. The van der Waals surface area contributed by atoms with Gasteiger partial charge in [-0.1, -0.05) is 29.5 Å². The summed E-state index contributed by atoms with van der Waals surface area (Å²) in [5.41, 5.74) is 1.71. The van der Waals surface area contributed by atoms with E-state index in [2.05, 4.69) is 20.6 Å². The van der Waals surface area contributed by atoms with Gasteiger partial charge >= 0.3 is 6.18 Å². The highest BCUT2D eigenvalue weighted by molar-refractivity contribution is 6.02. The van der Waals surface area contributed by atoms with Crippen molar-refractivity contribution >= 4 is 23.7 Å². The molecule has 35 heavy (non-hydrogen) atoms. The number of hydrogen-bond acceptors (Lipinski definition) is 5. The molecule has 0 aliphatic heterocycles. The number of aromatic nitrogens is 4. The fourth-order valence-electron chi connectivity index (χ4n) is 3.32. The molecule has 0 aliphatic carbocycles. The van der Waals surface area contributed by atoms with Gasteiger partial charge in [-0.3, -0.25) is 9.48 Å². The second kappa shape index (κ2) is 10.8. The lowest BCUT2D eigenvalue weighted by atomic mass is 10.1. The molecule has 0 spiro atoms. The molecule has 4 aromatic rings. The first-order valence-corrected chi connectivity index (χ1v) is 10.9. The van der Waals surface area contributed by atoms with Crippen LogP contribution in [0.1, 0.15) is 45.9 Å². The van der Waals surface area contributed by atoms with Gasteiger partial charge in [0.05, 0.1) is 11.8 Å². The summed E-state index contributed by atoms with van der Waals surface area (Å²) in [7, 11) is 0. The highest BCUT2D eigenvalue weighted by Crippen LogP contribution is 2.29. The molecule has 0 aliphatic rings. The minimum atomic E-state index is -4.38. The quantitative estimate of drug-likeness (QED) is 0.309. The number of halogens is 3. The number of carbonyl (C=O) groups is 1. The van der Waals surface area contributed by atoms with E-state index in [9.17, 15) is 18.0 Å². The normalized spacial score (nSPS) is 11.7. The molecule has 0 radical (unpaired) electrons. The fraction of sp³-hybridized carbons (Fsp3) is 0.200.